The summed E-state index contributed by atoms with van der Waals surface area (Å²) in [5, 5.41) is 4.33. The zero-order valence-corrected chi connectivity index (χ0v) is 14.0. The summed E-state index contributed by atoms with van der Waals surface area (Å²) in [7, 11) is 0. The maximum Gasteiger partial charge on any atom is 0.0409 e. The molecular weight excluding hydrogens is 278 g/mol. The van der Waals surface area contributed by atoms with E-state index < -0.39 is 0 Å². The number of benzene rings is 2. The second-order valence-electron chi connectivity index (χ2n) is 6.60. The van der Waals surface area contributed by atoms with Gasteiger partial charge in [-0.25, -0.2) is 0 Å². The molecule has 0 aliphatic rings. The molecule has 0 bridgehead atoms. The molecule has 21 heavy (non-hydrogen) atoms. The molecule has 0 spiro atoms. The van der Waals surface area contributed by atoms with Gasteiger partial charge in [-0.3, -0.25) is 0 Å². The van der Waals surface area contributed by atoms with E-state index in [-0.39, 0.29) is 11.5 Å². The molecular formula is C19H24ClN. The third kappa shape index (κ3) is 4.59. The molecule has 0 aliphatic heterocycles. The largest absolute Gasteiger partial charge is 0.306 e. The van der Waals surface area contributed by atoms with Gasteiger partial charge in [0.15, 0.2) is 0 Å². The Balaban J connectivity index is 1.97. The third-order valence-corrected chi connectivity index (χ3v) is 4.02. The monoisotopic (exact) mass is 301 g/mol. The van der Waals surface area contributed by atoms with Gasteiger partial charge in [0, 0.05) is 17.6 Å². The molecule has 2 rings (SSSR count). The highest BCUT2D eigenvalue weighted by Crippen LogP contribution is 2.22. The Labute approximate surface area is 133 Å². The van der Waals surface area contributed by atoms with E-state index in [1.807, 2.05) is 18.2 Å². The molecule has 0 radical (unpaired) electrons. The van der Waals surface area contributed by atoms with E-state index in [1.54, 1.807) is 0 Å². The summed E-state index contributed by atoms with van der Waals surface area (Å²) in [5.41, 5.74) is 4.10. The molecule has 0 amide bonds. The van der Waals surface area contributed by atoms with Gasteiger partial charge < -0.3 is 5.32 Å². The average Bonchev–Trinajstić information content (AvgIpc) is 2.44. The van der Waals surface area contributed by atoms with E-state index in [0.717, 1.165) is 11.6 Å². The summed E-state index contributed by atoms with van der Waals surface area (Å²) in [5.74, 6) is 0. The summed E-state index contributed by atoms with van der Waals surface area (Å²) in [6, 6.07) is 17.2. The predicted molar refractivity (Wildman–Crippen MR) is 91.8 cm³/mol. The molecule has 0 aromatic heterocycles. The topological polar surface area (TPSA) is 12.0 Å². The lowest BCUT2D eigenvalue weighted by atomic mass is 9.87. The van der Waals surface area contributed by atoms with Crippen molar-refractivity contribution in [3.8, 4) is 0 Å². The van der Waals surface area contributed by atoms with Crippen LogP contribution in [-0.4, -0.2) is 0 Å². The van der Waals surface area contributed by atoms with Crippen LogP contribution in [0.25, 0.3) is 0 Å². The van der Waals surface area contributed by atoms with E-state index in [0.29, 0.717) is 0 Å². The van der Waals surface area contributed by atoms with Crippen molar-refractivity contribution in [3.63, 3.8) is 0 Å². The van der Waals surface area contributed by atoms with Gasteiger partial charge in [-0.05, 0) is 41.2 Å². The SMILES string of the molecule is C[C@@H](NCc1ccc(C(C)(C)C)cc1)c1cccc(Cl)c1. The van der Waals surface area contributed by atoms with Crippen molar-refractivity contribution in [3.05, 3.63) is 70.2 Å². The highest BCUT2D eigenvalue weighted by atomic mass is 35.5. The lowest BCUT2D eigenvalue weighted by Gasteiger charge is -2.19. The summed E-state index contributed by atoms with van der Waals surface area (Å²) in [4.78, 5) is 0. The third-order valence-electron chi connectivity index (χ3n) is 3.78. The Bertz CT molecular complexity index is 581. The summed E-state index contributed by atoms with van der Waals surface area (Å²) in [6.07, 6.45) is 0. The molecule has 1 nitrogen and oxygen atoms in total. The average molecular weight is 302 g/mol. The van der Waals surface area contributed by atoms with Crippen LogP contribution in [0.4, 0.5) is 0 Å². The Kier molecular flexibility index (Phi) is 5.08. The molecule has 2 heteroatoms. The number of rotatable bonds is 4. The number of hydrogen-bond acceptors (Lipinski definition) is 1. The summed E-state index contributed by atoms with van der Waals surface area (Å²) >= 11 is 6.04. The fourth-order valence-electron chi connectivity index (χ4n) is 2.29. The molecule has 1 N–H and O–H groups in total. The Morgan fingerprint density at radius 1 is 1.05 bits per heavy atom. The molecule has 1 atom stereocenters. The minimum Gasteiger partial charge on any atom is -0.306 e. The van der Waals surface area contributed by atoms with Crippen molar-refractivity contribution in [2.75, 3.05) is 0 Å². The number of hydrogen-bond donors (Lipinski definition) is 1. The molecule has 0 saturated heterocycles. The first-order chi connectivity index (χ1) is 9.86. The smallest absolute Gasteiger partial charge is 0.0409 e. The van der Waals surface area contributed by atoms with Gasteiger partial charge in [-0.1, -0.05) is 68.8 Å². The summed E-state index contributed by atoms with van der Waals surface area (Å²) < 4.78 is 0. The number of nitrogens with one attached hydrogen (secondary N) is 1. The van der Waals surface area contributed by atoms with Gasteiger partial charge >= 0.3 is 0 Å². The van der Waals surface area contributed by atoms with Crippen molar-refractivity contribution in [1.82, 2.24) is 5.32 Å². The second kappa shape index (κ2) is 6.64. The standard InChI is InChI=1S/C19H24ClN/c1-14(16-6-5-7-18(20)12-16)21-13-15-8-10-17(11-9-15)19(2,3)4/h5-12,14,21H,13H2,1-4H3/t14-/m1/s1. The fraction of sp³-hybridized carbons (Fsp3) is 0.368. The van der Waals surface area contributed by atoms with E-state index in [9.17, 15) is 0 Å². The van der Waals surface area contributed by atoms with Gasteiger partial charge in [-0.15, -0.1) is 0 Å². The lowest BCUT2D eigenvalue weighted by Crippen LogP contribution is -2.18. The van der Waals surface area contributed by atoms with Gasteiger partial charge in [-0.2, -0.15) is 0 Å². The van der Waals surface area contributed by atoms with Crippen LogP contribution in [0.5, 0.6) is 0 Å². The van der Waals surface area contributed by atoms with Crippen LogP contribution >= 0.6 is 11.6 Å². The minimum absolute atomic E-state index is 0.208. The molecule has 0 aliphatic carbocycles. The highest BCUT2D eigenvalue weighted by Gasteiger charge is 2.13. The van der Waals surface area contributed by atoms with Gasteiger partial charge in [0.05, 0.1) is 0 Å². The first-order valence-corrected chi connectivity index (χ1v) is 7.82. The van der Waals surface area contributed by atoms with Crippen molar-refractivity contribution in [2.45, 2.75) is 45.7 Å². The van der Waals surface area contributed by atoms with Crippen LogP contribution in [0.1, 0.15) is 50.4 Å². The van der Waals surface area contributed by atoms with Crippen molar-refractivity contribution in [1.29, 1.82) is 0 Å². The van der Waals surface area contributed by atoms with Crippen LogP contribution in [-0.2, 0) is 12.0 Å². The molecule has 2 aromatic carbocycles. The number of halogens is 1. The van der Waals surface area contributed by atoms with Crippen LogP contribution in [0.3, 0.4) is 0 Å². The van der Waals surface area contributed by atoms with Gasteiger partial charge in [0.1, 0.15) is 0 Å². The maximum atomic E-state index is 6.04. The minimum atomic E-state index is 0.208. The molecule has 0 saturated carbocycles. The van der Waals surface area contributed by atoms with Crippen molar-refractivity contribution in [2.24, 2.45) is 0 Å². The van der Waals surface area contributed by atoms with Crippen LogP contribution < -0.4 is 5.32 Å². The van der Waals surface area contributed by atoms with Crippen LogP contribution in [0.15, 0.2) is 48.5 Å². The van der Waals surface area contributed by atoms with Gasteiger partial charge in [0.2, 0.25) is 0 Å². The fourth-order valence-corrected chi connectivity index (χ4v) is 2.49. The first kappa shape index (κ1) is 16.1. The van der Waals surface area contributed by atoms with Crippen LogP contribution in [0, 0.1) is 0 Å². The van der Waals surface area contributed by atoms with E-state index in [4.69, 9.17) is 11.6 Å². The molecule has 112 valence electrons. The van der Waals surface area contributed by atoms with Crippen molar-refractivity contribution < 1.29 is 0 Å². The Hall–Kier alpha value is -1.31. The van der Waals surface area contributed by atoms with Crippen LogP contribution in [0.2, 0.25) is 5.02 Å². The molecule has 0 unspecified atom stereocenters. The summed E-state index contributed by atoms with van der Waals surface area (Å²) in [6.45, 7) is 9.73. The quantitative estimate of drug-likeness (QED) is 0.787. The van der Waals surface area contributed by atoms with E-state index >= 15 is 0 Å². The highest BCUT2D eigenvalue weighted by molar-refractivity contribution is 6.30. The Morgan fingerprint density at radius 2 is 1.71 bits per heavy atom. The maximum absolute atomic E-state index is 6.04. The van der Waals surface area contributed by atoms with Crippen molar-refractivity contribution >= 4 is 11.6 Å². The Morgan fingerprint density at radius 3 is 2.29 bits per heavy atom. The zero-order chi connectivity index (χ0) is 15.5. The van der Waals surface area contributed by atoms with E-state index in [1.165, 1.54) is 16.7 Å². The zero-order valence-electron chi connectivity index (χ0n) is 13.3. The normalized spacial score (nSPS) is 13.2. The molecule has 2 aromatic rings. The van der Waals surface area contributed by atoms with E-state index in [2.05, 4.69) is 63.3 Å². The predicted octanol–water partition coefficient (Wildman–Crippen LogP) is 5.49. The second-order valence-corrected chi connectivity index (χ2v) is 7.04. The first-order valence-electron chi connectivity index (χ1n) is 7.44. The molecule has 0 fully saturated rings. The molecule has 0 heterocycles. The van der Waals surface area contributed by atoms with Gasteiger partial charge in [0.25, 0.3) is 0 Å². The lowest BCUT2D eigenvalue weighted by molar-refractivity contribution is 0.572.